The molecule has 2 aliphatic rings. The topological polar surface area (TPSA) is 78.9 Å². The minimum atomic E-state index is -0.818. The van der Waals surface area contributed by atoms with Crippen LogP contribution < -0.4 is 10.1 Å². The van der Waals surface area contributed by atoms with Crippen LogP contribution in [0.15, 0.2) is 24.3 Å². The molecule has 6 nitrogen and oxygen atoms in total. The lowest BCUT2D eigenvalue weighted by molar-refractivity contribution is -0.143. The monoisotopic (exact) mass is 346 g/mol. The lowest BCUT2D eigenvalue weighted by atomic mass is 9.91. The molecule has 1 heterocycles. The van der Waals surface area contributed by atoms with E-state index in [9.17, 15) is 14.7 Å². The highest BCUT2D eigenvalue weighted by molar-refractivity contribution is 5.77. The number of nitrogens with zero attached hydrogens (tertiary/aromatic N) is 1. The van der Waals surface area contributed by atoms with Crippen molar-refractivity contribution in [2.45, 2.75) is 38.6 Å². The Hall–Kier alpha value is -2.24. The normalized spacial score (nSPS) is 28.3. The van der Waals surface area contributed by atoms with Crippen molar-refractivity contribution in [3.8, 4) is 5.75 Å². The van der Waals surface area contributed by atoms with E-state index in [1.165, 1.54) is 5.56 Å². The Morgan fingerprint density at radius 2 is 2.12 bits per heavy atom. The largest absolute Gasteiger partial charge is 0.494 e. The van der Waals surface area contributed by atoms with Crippen LogP contribution in [-0.2, 0) is 4.79 Å². The summed E-state index contributed by atoms with van der Waals surface area (Å²) >= 11 is 0. The van der Waals surface area contributed by atoms with Crippen LogP contribution in [-0.4, -0.2) is 47.7 Å². The van der Waals surface area contributed by atoms with Gasteiger partial charge in [0.25, 0.3) is 0 Å². The summed E-state index contributed by atoms with van der Waals surface area (Å²) in [6, 6.07) is 7.97. The lowest BCUT2D eigenvalue weighted by Gasteiger charge is -2.34. The number of hydrogen-bond donors (Lipinski definition) is 2. The van der Waals surface area contributed by atoms with E-state index in [4.69, 9.17) is 4.74 Å². The summed E-state index contributed by atoms with van der Waals surface area (Å²) in [5, 5.41) is 12.3. The van der Waals surface area contributed by atoms with Crippen molar-refractivity contribution in [2.75, 3.05) is 19.7 Å². The zero-order valence-corrected chi connectivity index (χ0v) is 14.8. The van der Waals surface area contributed by atoms with E-state index >= 15 is 0 Å². The average molecular weight is 346 g/mol. The van der Waals surface area contributed by atoms with Gasteiger partial charge in [0.15, 0.2) is 0 Å². The molecule has 0 bridgehead atoms. The molecule has 6 heteroatoms. The molecule has 136 valence electrons. The standard InChI is InChI=1S/C19H26N2O4/c1-3-25-15-6-4-5-13(8-15)16-9-17(16)20-19(24)21-10-12(2)7-14(11-21)18(22)23/h4-6,8,12,14,16-17H,3,7,9-11H2,1-2H3,(H,20,24)(H,22,23)/t12?,14?,16-,17+/m0/s1. The van der Waals surface area contributed by atoms with Gasteiger partial charge in [-0.15, -0.1) is 0 Å². The molecule has 4 atom stereocenters. The number of carbonyl (C=O) groups is 2. The summed E-state index contributed by atoms with van der Waals surface area (Å²) in [6.07, 6.45) is 1.54. The quantitative estimate of drug-likeness (QED) is 0.859. The number of ether oxygens (including phenoxy) is 1. The minimum Gasteiger partial charge on any atom is -0.494 e. The summed E-state index contributed by atoms with van der Waals surface area (Å²) in [5.41, 5.74) is 1.17. The molecular weight excluding hydrogens is 320 g/mol. The Labute approximate surface area is 148 Å². The fourth-order valence-corrected chi connectivity index (χ4v) is 3.67. The van der Waals surface area contributed by atoms with E-state index < -0.39 is 11.9 Å². The molecule has 1 aromatic rings. The Morgan fingerprint density at radius 1 is 1.32 bits per heavy atom. The highest BCUT2D eigenvalue weighted by Gasteiger charge is 2.41. The van der Waals surface area contributed by atoms with Crippen LogP contribution in [0.4, 0.5) is 4.79 Å². The van der Waals surface area contributed by atoms with Crippen molar-refractivity contribution in [3.63, 3.8) is 0 Å². The number of aliphatic carboxylic acids is 1. The summed E-state index contributed by atoms with van der Waals surface area (Å²) < 4.78 is 5.53. The molecule has 0 spiro atoms. The zero-order valence-electron chi connectivity index (χ0n) is 14.8. The molecule has 3 rings (SSSR count). The van der Waals surface area contributed by atoms with Gasteiger partial charge in [0.2, 0.25) is 0 Å². The number of piperidine rings is 1. The fraction of sp³-hybridized carbons (Fsp3) is 0.579. The van der Waals surface area contributed by atoms with Crippen molar-refractivity contribution in [2.24, 2.45) is 11.8 Å². The minimum absolute atomic E-state index is 0.116. The molecule has 0 aromatic heterocycles. The van der Waals surface area contributed by atoms with E-state index in [0.29, 0.717) is 32.0 Å². The van der Waals surface area contributed by atoms with Crippen LogP contribution in [0.3, 0.4) is 0 Å². The van der Waals surface area contributed by atoms with Gasteiger partial charge in [-0.25, -0.2) is 4.79 Å². The maximum absolute atomic E-state index is 12.5. The van der Waals surface area contributed by atoms with Gasteiger partial charge in [0.05, 0.1) is 12.5 Å². The summed E-state index contributed by atoms with van der Waals surface area (Å²) in [7, 11) is 0. The second-order valence-electron chi connectivity index (χ2n) is 7.18. The number of hydrogen-bond acceptors (Lipinski definition) is 3. The molecule has 2 N–H and O–H groups in total. The molecular formula is C19H26N2O4. The lowest BCUT2D eigenvalue weighted by Crippen LogP contribution is -2.50. The summed E-state index contributed by atoms with van der Waals surface area (Å²) in [5.74, 6) is 0.0835. The number of carboxylic acid groups (broad SMARTS) is 1. The number of carbonyl (C=O) groups excluding carboxylic acids is 1. The summed E-state index contributed by atoms with van der Waals surface area (Å²) in [4.78, 5) is 25.4. The maximum atomic E-state index is 12.5. The van der Waals surface area contributed by atoms with Gasteiger partial charge in [-0.05, 0) is 43.4 Å². The van der Waals surface area contributed by atoms with Gasteiger partial charge in [0, 0.05) is 25.0 Å². The molecule has 1 aliphatic carbocycles. The first-order valence-electron chi connectivity index (χ1n) is 8.99. The second-order valence-corrected chi connectivity index (χ2v) is 7.18. The molecule has 0 radical (unpaired) electrons. The average Bonchev–Trinajstić information content (AvgIpc) is 3.34. The predicted molar refractivity (Wildman–Crippen MR) is 93.8 cm³/mol. The van der Waals surface area contributed by atoms with Crippen molar-refractivity contribution in [1.29, 1.82) is 0 Å². The van der Waals surface area contributed by atoms with E-state index in [1.54, 1.807) is 4.90 Å². The Bertz CT molecular complexity index is 648. The van der Waals surface area contributed by atoms with Crippen molar-refractivity contribution in [1.82, 2.24) is 10.2 Å². The van der Waals surface area contributed by atoms with Gasteiger partial charge in [-0.2, -0.15) is 0 Å². The number of amides is 2. The number of urea groups is 1. The highest BCUT2D eigenvalue weighted by atomic mass is 16.5. The van der Waals surface area contributed by atoms with Crippen molar-refractivity contribution in [3.05, 3.63) is 29.8 Å². The molecule has 1 saturated heterocycles. The van der Waals surface area contributed by atoms with E-state index in [-0.39, 0.29) is 18.0 Å². The van der Waals surface area contributed by atoms with Gasteiger partial charge in [-0.3, -0.25) is 4.79 Å². The van der Waals surface area contributed by atoms with Crippen LogP contribution in [0, 0.1) is 11.8 Å². The number of carboxylic acids is 1. The Balaban J connectivity index is 1.56. The Morgan fingerprint density at radius 3 is 2.84 bits per heavy atom. The van der Waals surface area contributed by atoms with Gasteiger partial charge in [-0.1, -0.05) is 19.1 Å². The molecule has 2 amide bonds. The molecule has 1 saturated carbocycles. The molecule has 1 aliphatic heterocycles. The van der Waals surface area contributed by atoms with Crippen LogP contribution in [0.2, 0.25) is 0 Å². The van der Waals surface area contributed by atoms with Crippen LogP contribution in [0.1, 0.15) is 38.2 Å². The highest BCUT2D eigenvalue weighted by Crippen LogP contribution is 2.42. The van der Waals surface area contributed by atoms with Gasteiger partial charge in [0.1, 0.15) is 5.75 Å². The van der Waals surface area contributed by atoms with E-state index in [0.717, 1.165) is 12.2 Å². The zero-order chi connectivity index (χ0) is 18.0. The first-order chi connectivity index (χ1) is 12.0. The smallest absolute Gasteiger partial charge is 0.317 e. The third-order valence-corrected chi connectivity index (χ3v) is 4.99. The molecule has 25 heavy (non-hydrogen) atoms. The molecule has 2 fully saturated rings. The third-order valence-electron chi connectivity index (χ3n) is 4.99. The maximum Gasteiger partial charge on any atom is 0.317 e. The number of benzene rings is 1. The van der Waals surface area contributed by atoms with Crippen LogP contribution in [0.5, 0.6) is 5.75 Å². The number of nitrogens with one attached hydrogen (secondary N) is 1. The van der Waals surface area contributed by atoms with Gasteiger partial charge < -0.3 is 20.1 Å². The molecule has 2 unspecified atom stereocenters. The van der Waals surface area contributed by atoms with E-state index in [2.05, 4.69) is 11.4 Å². The SMILES string of the molecule is CCOc1cccc([C@@H]2C[C@H]2NC(=O)N2CC(C)CC(C(=O)O)C2)c1. The summed E-state index contributed by atoms with van der Waals surface area (Å²) in [6.45, 7) is 5.49. The van der Waals surface area contributed by atoms with Crippen molar-refractivity contribution >= 4 is 12.0 Å². The molecule has 1 aromatic carbocycles. The Kier molecular flexibility index (Phi) is 5.16. The predicted octanol–water partition coefficient (Wildman–Crippen LogP) is 2.69. The first-order valence-corrected chi connectivity index (χ1v) is 8.99. The van der Waals surface area contributed by atoms with Crippen LogP contribution >= 0.6 is 0 Å². The van der Waals surface area contributed by atoms with Crippen molar-refractivity contribution < 1.29 is 19.4 Å². The van der Waals surface area contributed by atoms with Gasteiger partial charge >= 0.3 is 12.0 Å². The second kappa shape index (κ2) is 7.33. The van der Waals surface area contributed by atoms with Crippen LogP contribution in [0.25, 0.3) is 0 Å². The number of rotatable bonds is 5. The third kappa shape index (κ3) is 4.24. The fourth-order valence-electron chi connectivity index (χ4n) is 3.67. The van der Waals surface area contributed by atoms with E-state index in [1.807, 2.05) is 32.0 Å². The first kappa shape index (κ1) is 17.6. The number of likely N-dealkylation sites (tertiary alicyclic amines) is 1.